The van der Waals surface area contributed by atoms with Gasteiger partial charge in [0.15, 0.2) is 0 Å². The van der Waals surface area contributed by atoms with Gasteiger partial charge in [-0.1, -0.05) is 39.0 Å². The summed E-state index contributed by atoms with van der Waals surface area (Å²) in [5.41, 5.74) is 13.6. The molecule has 0 atom stereocenters. The first-order valence-corrected chi connectivity index (χ1v) is 13.7. The quantitative estimate of drug-likeness (QED) is 0.276. The van der Waals surface area contributed by atoms with Crippen molar-refractivity contribution in [3.05, 3.63) is 117 Å². The van der Waals surface area contributed by atoms with Gasteiger partial charge < -0.3 is 0 Å². The maximum absolute atomic E-state index is 4.39. The third-order valence-electron chi connectivity index (χ3n) is 6.80. The Labute approximate surface area is 232 Å². The van der Waals surface area contributed by atoms with E-state index >= 15 is 0 Å². The Balaban J connectivity index is 0.000000254. The van der Waals surface area contributed by atoms with Gasteiger partial charge in [0.25, 0.3) is 0 Å². The predicted molar refractivity (Wildman–Crippen MR) is 163 cm³/mol. The summed E-state index contributed by atoms with van der Waals surface area (Å²) in [5.74, 6) is 0. The molecular weight excluding hydrogens is 464 g/mol. The molecule has 0 spiro atoms. The van der Waals surface area contributed by atoms with E-state index in [1.165, 1.54) is 39.1 Å². The second-order valence-corrected chi connectivity index (χ2v) is 9.60. The van der Waals surface area contributed by atoms with Crippen LogP contribution in [0.2, 0.25) is 0 Å². The molecule has 4 heteroatoms. The lowest BCUT2D eigenvalue weighted by molar-refractivity contribution is 0.993. The van der Waals surface area contributed by atoms with Gasteiger partial charge in [0.1, 0.15) is 0 Å². The topological polar surface area (TPSA) is 51.6 Å². The zero-order valence-corrected chi connectivity index (χ0v) is 25.6. The molecule has 4 nitrogen and oxygen atoms in total. The number of hydrogen-bond donors (Lipinski definition) is 0. The summed E-state index contributed by atoms with van der Waals surface area (Å²) in [6.45, 7) is 22.9. The molecule has 0 N–H and O–H groups in total. The van der Waals surface area contributed by atoms with Crippen molar-refractivity contribution >= 4 is 0 Å². The predicted octanol–water partition coefficient (Wildman–Crippen LogP) is 8.48. The van der Waals surface area contributed by atoms with Crippen LogP contribution in [0.15, 0.2) is 55.0 Å². The highest BCUT2D eigenvalue weighted by atomic mass is 14.7. The van der Waals surface area contributed by atoms with E-state index in [1.54, 1.807) is 0 Å². The van der Waals surface area contributed by atoms with Gasteiger partial charge >= 0.3 is 0 Å². The third kappa shape index (κ3) is 11.3. The molecule has 0 fully saturated rings. The fourth-order valence-corrected chi connectivity index (χ4v) is 3.42. The van der Waals surface area contributed by atoms with Gasteiger partial charge in [-0.2, -0.15) is 0 Å². The maximum atomic E-state index is 4.39. The highest BCUT2D eigenvalue weighted by molar-refractivity contribution is 5.27. The van der Waals surface area contributed by atoms with Crippen molar-refractivity contribution in [2.45, 2.75) is 95.4 Å². The molecule has 0 amide bonds. The molecule has 0 aliphatic rings. The second-order valence-electron chi connectivity index (χ2n) is 9.60. The SMILES string of the molecule is CCc1ccc(C)c(C)n1.CCc1ccnc(C)c1C.CCc1cnc(C)c(C)c1.Cc1cccnc1C. The van der Waals surface area contributed by atoms with Crippen LogP contribution in [-0.2, 0) is 19.3 Å². The largest absolute Gasteiger partial charge is 0.261 e. The second kappa shape index (κ2) is 17.2. The molecule has 4 rings (SSSR count). The van der Waals surface area contributed by atoms with Crippen molar-refractivity contribution in [2.75, 3.05) is 0 Å². The first-order valence-electron chi connectivity index (χ1n) is 13.7. The van der Waals surface area contributed by atoms with Crippen LogP contribution >= 0.6 is 0 Å². The molecule has 0 aliphatic heterocycles. The first-order chi connectivity index (χ1) is 18.0. The van der Waals surface area contributed by atoms with E-state index in [-0.39, 0.29) is 0 Å². The van der Waals surface area contributed by atoms with Gasteiger partial charge in [-0.05, 0) is 126 Å². The summed E-state index contributed by atoms with van der Waals surface area (Å²) >= 11 is 0. The monoisotopic (exact) mass is 512 g/mol. The zero-order chi connectivity index (χ0) is 28.7. The van der Waals surface area contributed by atoms with Crippen LogP contribution < -0.4 is 0 Å². The highest BCUT2D eigenvalue weighted by Crippen LogP contribution is 2.10. The lowest BCUT2D eigenvalue weighted by Crippen LogP contribution is -1.91. The summed E-state index contributed by atoms with van der Waals surface area (Å²) in [5, 5.41) is 0. The number of rotatable bonds is 3. The van der Waals surface area contributed by atoms with Crippen LogP contribution in [0.25, 0.3) is 0 Å². The molecule has 4 heterocycles. The van der Waals surface area contributed by atoms with Crippen LogP contribution in [0.1, 0.15) is 82.6 Å². The standard InChI is InChI=1S/3C9H13N.C7H9N/c1-4-9-5-7(2)8(3)10-6-9;1-4-9-5-6-10-8(3)7(9)2;1-4-9-6-5-7(2)8(3)10-9;1-6-4-3-5-8-7(6)2/h3*5-6H,4H2,1-3H3;3-5H,1-2H3. The molecular formula is C34H48N4. The summed E-state index contributed by atoms with van der Waals surface area (Å²) in [4.78, 5) is 16.9. The molecule has 38 heavy (non-hydrogen) atoms. The van der Waals surface area contributed by atoms with Crippen molar-refractivity contribution in [1.29, 1.82) is 0 Å². The van der Waals surface area contributed by atoms with Crippen LogP contribution in [-0.4, -0.2) is 19.9 Å². The molecule has 4 aromatic heterocycles. The van der Waals surface area contributed by atoms with Crippen LogP contribution in [0.3, 0.4) is 0 Å². The number of aromatic nitrogens is 4. The number of aryl methyl sites for hydroxylation is 10. The Hall–Kier alpha value is -3.40. The molecule has 0 bridgehead atoms. The minimum absolute atomic E-state index is 1.03. The number of nitrogens with zero attached hydrogens (tertiary/aromatic N) is 4. The molecule has 0 saturated heterocycles. The van der Waals surface area contributed by atoms with E-state index in [9.17, 15) is 0 Å². The Morgan fingerprint density at radius 2 is 1.18 bits per heavy atom. The highest BCUT2D eigenvalue weighted by Gasteiger charge is 1.97. The molecule has 0 unspecified atom stereocenters. The Morgan fingerprint density at radius 1 is 0.553 bits per heavy atom. The maximum Gasteiger partial charge on any atom is 0.0405 e. The van der Waals surface area contributed by atoms with Gasteiger partial charge in [-0.15, -0.1) is 0 Å². The van der Waals surface area contributed by atoms with Gasteiger partial charge in [0.05, 0.1) is 0 Å². The van der Waals surface area contributed by atoms with E-state index in [0.29, 0.717) is 0 Å². The summed E-state index contributed by atoms with van der Waals surface area (Å²) in [6.07, 6.45) is 8.84. The summed E-state index contributed by atoms with van der Waals surface area (Å²) in [7, 11) is 0. The Morgan fingerprint density at radius 3 is 1.66 bits per heavy atom. The number of hydrogen-bond acceptors (Lipinski definition) is 4. The molecule has 204 valence electrons. The summed E-state index contributed by atoms with van der Waals surface area (Å²) < 4.78 is 0. The Bertz CT molecular complexity index is 1190. The average Bonchev–Trinajstić information content (AvgIpc) is 2.92. The minimum atomic E-state index is 1.03. The Kier molecular flexibility index (Phi) is 14.7. The van der Waals surface area contributed by atoms with Crippen molar-refractivity contribution in [2.24, 2.45) is 0 Å². The van der Waals surface area contributed by atoms with Crippen molar-refractivity contribution in [3.8, 4) is 0 Å². The van der Waals surface area contributed by atoms with E-state index in [0.717, 1.165) is 42.0 Å². The minimum Gasteiger partial charge on any atom is -0.261 e. The van der Waals surface area contributed by atoms with E-state index in [1.807, 2.05) is 38.5 Å². The third-order valence-corrected chi connectivity index (χ3v) is 6.80. The summed E-state index contributed by atoms with van der Waals surface area (Å²) in [6, 6.07) is 12.5. The zero-order valence-electron chi connectivity index (χ0n) is 25.6. The van der Waals surface area contributed by atoms with Gasteiger partial charge in [-0.25, -0.2) is 0 Å². The average molecular weight is 513 g/mol. The van der Waals surface area contributed by atoms with E-state index < -0.39 is 0 Å². The normalized spacial score (nSPS) is 9.76. The van der Waals surface area contributed by atoms with Crippen molar-refractivity contribution < 1.29 is 0 Å². The molecule has 0 aromatic carbocycles. The lowest BCUT2D eigenvalue weighted by Gasteiger charge is -2.03. The molecule has 0 radical (unpaired) electrons. The van der Waals surface area contributed by atoms with Gasteiger partial charge in [-0.3, -0.25) is 19.9 Å². The number of pyridine rings is 4. The van der Waals surface area contributed by atoms with Crippen LogP contribution in [0, 0.1) is 55.4 Å². The lowest BCUT2D eigenvalue weighted by atomic mass is 10.1. The van der Waals surface area contributed by atoms with Crippen molar-refractivity contribution in [1.82, 2.24) is 19.9 Å². The van der Waals surface area contributed by atoms with Gasteiger partial charge in [0, 0.05) is 47.1 Å². The fraction of sp³-hybridized carbons (Fsp3) is 0.412. The fourth-order valence-electron chi connectivity index (χ4n) is 3.42. The van der Waals surface area contributed by atoms with Gasteiger partial charge in [0.2, 0.25) is 0 Å². The van der Waals surface area contributed by atoms with Crippen LogP contribution in [0.4, 0.5) is 0 Å². The van der Waals surface area contributed by atoms with E-state index in [2.05, 4.69) is 113 Å². The van der Waals surface area contributed by atoms with Crippen LogP contribution in [0.5, 0.6) is 0 Å². The van der Waals surface area contributed by atoms with Crippen molar-refractivity contribution in [3.63, 3.8) is 0 Å². The molecule has 0 saturated carbocycles. The molecule has 4 aromatic rings. The molecule has 0 aliphatic carbocycles. The smallest absolute Gasteiger partial charge is 0.0405 e. The first kappa shape index (κ1) is 32.6. The van der Waals surface area contributed by atoms with E-state index in [4.69, 9.17) is 0 Å².